The molecule has 52 heavy (non-hydrogen) atoms. The van der Waals surface area contributed by atoms with Crippen LogP contribution in [0.4, 0.5) is 0 Å². The molecule has 0 aromatic heterocycles. The van der Waals surface area contributed by atoms with Crippen molar-refractivity contribution < 1.29 is 28.4 Å². The van der Waals surface area contributed by atoms with Crippen molar-refractivity contribution in [1.82, 2.24) is 0 Å². The van der Waals surface area contributed by atoms with Crippen molar-refractivity contribution in [3.63, 3.8) is 0 Å². The van der Waals surface area contributed by atoms with Crippen molar-refractivity contribution >= 4 is 23.8 Å². The van der Waals surface area contributed by atoms with Crippen LogP contribution in [0.5, 0.6) is 34.5 Å². The number of para-hydroxylation sites is 3. The molecule has 6 aromatic carbocycles. The van der Waals surface area contributed by atoms with Gasteiger partial charge in [-0.15, -0.1) is 0 Å². The fourth-order valence-electron chi connectivity index (χ4n) is 6.28. The van der Waals surface area contributed by atoms with Gasteiger partial charge in [-0.2, -0.15) is 0 Å². The van der Waals surface area contributed by atoms with Gasteiger partial charge < -0.3 is 28.4 Å². The van der Waals surface area contributed by atoms with Gasteiger partial charge in [0.15, 0.2) is 0 Å². The van der Waals surface area contributed by atoms with Gasteiger partial charge >= 0.3 is 0 Å². The first-order valence-corrected chi connectivity index (χ1v) is 18.7. The Morgan fingerprint density at radius 3 is 0.885 bits per heavy atom. The molecule has 0 radical (unpaired) electrons. The SMILES string of the molecule is COc1ccc(P(c2ccc(OC)c([C@H](C)Oc3ccccc3)c2)c2ccc(OC)c([C@H](C)Oc3ccccc3)c2)cc1[C@H](C)Oc1ccccc1. The first-order chi connectivity index (χ1) is 25.4. The second kappa shape index (κ2) is 17.2. The molecule has 0 saturated heterocycles. The highest BCUT2D eigenvalue weighted by Crippen LogP contribution is 2.41. The van der Waals surface area contributed by atoms with E-state index in [1.165, 1.54) is 0 Å². The molecular formula is C45H45O6P. The van der Waals surface area contributed by atoms with Crippen LogP contribution in [0.3, 0.4) is 0 Å². The summed E-state index contributed by atoms with van der Waals surface area (Å²) >= 11 is 0. The Kier molecular flexibility index (Phi) is 12.0. The second-order valence-corrected chi connectivity index (χ2v) is 14.6. The van der Waals surface area contributed by atoms with E-state index in [-0.39, 0.29) is 18.3 Å². The average Bonchev–Trinajstić information content (AvgIpc) is 3.19. The molecule has 0 saturated carbocycles. The van der Waals surface area contributed by atoms with Crippen LogP contribution in [0.25, 0.3) is 0 Å². The van der Waals surface area contributed by atoms with Crippen molar-refractivity contribution in [1.29, 1.82) is 0 Å². The van der Waals surface area contributed by atoms with Gasteiger partial charge in [-0.1, -0.05) is 72.8 Å². The Bertz CT molecular complexity index is 1800. The molecule has 7 heteroatoms. The molecule has 6 nitrogen and oxygen atoms in total. The van der Waals surface area contributed by atoms with Crippen LogP contribution in [0.15, 0.2) is 146 Å². The van der Waals surface area contributed by atoms with Crippen LogP contribution in [-0.2, 0) is 0 Å². The molecule has 0 N–H and O–H groups in total. The molecular weight excluding hydrogens is 667 g/mol. The Hall–Kier alpha value is -5.45. The number of benzene rings is 6. The predicted octanol–water partition coefficient (Wildman–Crippen LogP) is 9.89. The van der Waals surface area contributed by atoms with Crippen LogP contribution >= 0.6 is 7.92 Å². The lowest BCUT2D eigenvalue weighted by Crippen LogP contribution is -2.24. The standard InChI is InChI=1S/C45H45O6P/c1-31(49-34-16-10-7-11-17-34)40-28-37(22-25-43(40)46-4)52(38-23-26-44(47-5)41(29-38)32(2)50-35-18-12-8-13-19-35)39-24-27-45(48-6)42(30-39)33(3)51-36-20-14-9-15-21-36/h7-33H,1-6H3/t31-,32-,33-/m0/s1. The average molecular weight is 713 g/mol. The predicted molar refractivity (Wildman–Crippen MR) is 211 cm³/mol. The van der Waals surface area contributed by atoms with E-state index in [4.69, 9.17) is 28.4 Å². The van der Waals surface area contributed by atoms with Gasteiger partial charge in [-0.05, 0) is 117 Å². The highest BCUT2D eigenvalue weighted by molar-refractivity contribution is 7.79. The lowest BCUT2D eigenvalue weighted by molar-refractivity contribution is 0.221. The van der Waals surface area contributed by atoms with Gasteiger partial charge in [0, 0.05) is 16.7 Å². The summed E-state index contributed by atoms with van der Waals surface area (Å²) in [5.74, 6) is 4.69. The maximum atomic E-state index is 6.43. The molecule has 0 aliphatic heterocycles. The molecule has 266 valence electrons. The molecule has 6 rings (SSSR count). The van der Waals surface area contributed by atoms with E-state index in [2.05, 4.69) is 57.2 Å². The second-order valence-electron chi connectivity index (χ2n) is 12.3. The topological polar surface area (TPSA) is 55.4 Å². The summed E-state index contributed by atoms with van der Waals surface area (Å²) in [6.45, 7) is 6.16. The molecule has 0 fully saturated rings. The zero-order chi connectivity index (χ0) is 36.5. The van der Waals surface area contributed by atoms with Gasteiger partial charge in [-0.3, -0.25) is 0 Å². The minimum Gasteiger partial charge on any atom is -0.496 e. The van der Waals surface area contributed by atoms with Gasteiger partial charge in [-0.25, -0.2) is 0 Å². The number of methoxy groups -OCH3 is 3. The highest BCUT2D eigenvalue weighted by atomic mass is 31.1. The van der Waals surface area contributed by atoms with E-state index in [0.717, 1.165) is 67.1 Å². The molecule has 0 heterocycles. The lowest BCUT2D eigenvalue weighted by atomic mass is 10.1. The molecule has 0 amide bonds. The van der Waals surface area contributed by atoms with E-state index >= 15 is 0 Å². The maximum Gasteiger partial charge on any atom is 0.125 e. The van der Waals surface area contributed by atoms with E-state index in [1.54, 1.807) is 21.3 Å². The maximum absolute atomic E-state index is 6.43. The van der Waals surface area contributed by atoms with Crippen LogP contribution < -0.4 is 44.3 Å². The molecule has 0 aliphatic carbocycles. The minimum absolute atomic E-state index is 0.273. The number of hydrogen-bond acceptors (Lipinski definition) is 6. The zero-order valence-corrected chi connectivity index (χ0v) is 31.4. The lowest BCUT2D eigenvalue weighted by Gasteiger charge is -2.26. The summed E-state index contributed by atoms with van der Waals surface area (Å²) in [6, 6.07) is 48.9. The Labute approximate surface area is 308 Å². The zero-order valence-electron chi connectivity index (χ0n) is 30.5. The Morgan fingerprint density at radius 1 is 0.365 bits per heavy atom. The Morgan fingerprint density at radius 2 is 0.635 bits per heavy atom. The van der Waals surface area contributed by atoms with Crippen LogP contribution in [-0.4, -0.2) is 21.3 Å². The summed E-state index contributed by atoms with van der Waals surface area (Å²) in [5.41, 5.74) is 2.88. The third-order valence-electron chi connectivity index (χ3n) is 8.90. The smallest absolute Gasteiger partial charge is 0.125 e. The monoisotopic (exact) mass is 712 g/mol. The quantitative estimate of drug-likeness (QED) is 0.0989. The number of rotatable bonds is 15. The molecule has 0 aliphatic rings. The van der Waals surface area contributed by atoms with Crippen molar-refractivity contribution in [3.05, 3.63) is 162 Å². The van der Waals surface area contributed by atoms with E-state index in [0.29, 0.717) is 0 Å². The van der Waals surface area contributed by atoms with Crippen molar-refractivity contribution in [2.45, 2.75) is 39.1 Å². The normalized spacial score (nSPS) is 12.8. The summed E-state index contributed by atoms with van der Waals surface area (Å²) in [5, 5.41) is 3.40. The third-order valence-corrected chi connectivity index (χ3v) is 11.3. The summed E-state index contributed by atoms with van der Waals surface area (Å²) in [7, 11) is 3.96. The largest absolute Gasteiger partial charge is 0.496 e. The van der Waals surface area contributed by atoms with E-state index in [9.17, 15) is 0 Å². The minimum atomic E-state index is -1.13. The molecule has 6 aromatic rings. The fraction of sp³-hybridized carbons (Fsp3) is 0.200. The number of hydrogen-bond donors (Lipinski definition) is 0. The Balaban J connectivity index is 1.48. The van der Waals surface area contributed by atoms with Gasteiger partial charge in [0.1, 0.15) is 52.8 Å². The molecule has 0 unspecified atom stereocenters. The van der Waals surface area contributed by atoms with E-state index in [1.807, 2.05) is 109 Å². The molecule has 0 spiro atoms. The van der Waals surface area contributed by atoms with E-state index < -0.39 is 7.92 Å². The third kappa shape index (κ3) is 8.53. The van der Waals surface area contributed by atoms with Crippen molar-refractivity contribution in [3.8, 4) is 34.5 Å². The van der Waals surface area contributed by atoms with Gasteiger partial charge in [0.05, 0.1) is 21.3 Å². The van der Waals surface area contributed by atoms with Crippen molar-refractivity contribution in [2.75, 3.05) is 21.3 Å². The summed E-state index contributed by atoms with van der Waals surface area (Å²) in [4.78, 5) is 0. The van der Waals surface area contributed by atoms with Crippen molar-refractivity contribution in [2.24, 2.45) is 0 Å². The first kappa shape index (κ1) is 36.3. The summed E-state index contributed by atoms with van der Waals surface area (Å²) in [6.07, 6.45) is -0.818. The van der Waals surface area contributed by atoms with Gasteiger partial charge in [0.25, 0.3) is 0 Å². The van der Waals surface area contributed by atoms with Crippen LogP contribution in [0.1, 0.15) is 55.8 Å². The number of ether oxygens (including phenoxy) is 6. The van der Waals surface area contributed by atoms with Crippen LogP contribution in [0.2, 0.25) is 0 Å². The molecule has 0 bridgehead atoms. The fourth-order valence-corrected chi connectivity index (χ4v) is 8.65. The highest BCUT2D eigenvalue weighted by Gasteiger charge is 2.25. The first-order valence-electron chi connectivity index (χ1n) is 17.4. The summed E-state index contributed by atoms with van der Waals surface area (Å²) < 4.78 is 36.9. The molecule has 3 atom stereocenters. The van der Waals surface area contributed by atoms with Crippen LogP contribution in [0, 0.1) is 0 Å². The van der Waals surface area contributed by atoms with Gasteiger partial charge in [0.2, 0.25) is 0 Å².